The summed E-state index contributed by atoms with van der Waals surface area (Å²) in [6, 6.07) is 0. The zero-order valence-electron chi connectivity index (χ0n) is 7.33. The minimum absolute atomic E-state index is 0.231. The molecular weight excluding hydrogens is 128 g/mol. The topological polar surface area (TPSA) is 26.7 Å². The molecule has 0 aliphatic rings. The summed E-state index contributed by atoms with van der Waals surface area (Å²) >= 11 is 0. The van der Waals surface area contributed by atoms with Crippen LogP contribution in [0.3, 0.4) is 0 Å². The van der Waals surface area contributed by atoms with Gasteiger partial charge in [-0.05, 0) is 28.2 Å². The summed E-state index contributed by atoms with van der Waals surface area (Å²) in [5.74, 6) is 0. The highest BCUT2D eigenvalue weighted by atomic mass is 16.3. The van der Waals surface area contributed by atoms with Gasteiger partial charge in [-0.3, -0.25) is 0 Å². The zero-order chi connectivity index (χ0) is 8.15. The van der Waals surface area contributed by atoms with Crippen molar-refractivity contribution in [3.8, 4) is 0 Å². The van der Waals surface area contributed by atoms with E-state index in [4.69, 9.17) is 0 Å². The van der Waals surface area contributed by atoms with Crippen molar-refractivity contribution >= 4 is 0 Å². The molecule has 3 nitrogen and oxygen atoms in total. The van der Waals surface area contributed by atoms with Crippen molar-refractivity contribution < 1.29 is 5.11 Å². The van der Waals surface area contributed by atoms with E-state index in [9.17, 15) is 5.11 Å². The normalized spacial score (nSPS) is 12.0. The maximum absolute atomic E-state index is 9.31. The molecule has 0 fully saturated rings. The molecule has 0 spiro atoms. The van der Waals surface area contributed by atoms with Crippen molar-refractivity contribution in [2.45, 2.75) is 6.10 Å². The fourth-order valence-corrected chi connectivity index (χ4v) is 0.901. The number of likely N-dealkylation sites (N-methyl/N-ethyl adjacent to an activating group) is 2. The van der Waals surface area contributed by atoms with Gasteiger partial charge in [0.1, 0.15) is 0 Å². The Morgan fingerprint density at radius 2 is 1.30 bits per heavy atom. The van der Waals surface area contributed by atoms with Crippen molar-refractivity contribution in [2.75, 3.05) is 41.3 Å². The minimum Gasteiger partial charge on any atom is -0.390 e. The molecule has 0 aliphatic heterocycles. The predicted molar refractivity (Wildman–Crippen MR) is 43.1 cm³/mol. The summed E-state index contributed by atoms with van der Waals surface area (Å²) in [6.45, 7) is 1.47. The first-order chi connectivity index (χ1) is 4.52. The molecule has 0 saturated carbocycles. The van der Waals surface area contributed by atoms with Crippen molar-refractivity contribution in [3.63, 3.8) is 0 Å². The molecule has 0 aromatic carbocycles. The van der Waals surface area contributed by atoms with E-state index in [1.165, 1.54) is 0 Å². The molecule has 0 saturated heterocycles. The average molecular weight is 146 g/mol. The van der Waals surface area contributed by atoms with Crippen LogP contribution in [0.15, 0.2) is 0 Å². The van der Waals surface area contributed by atoms with Crippen LogP contribution in [-0.4, -0.2) is 62.3 Å². The Kier molecular flexibility index (Phi) is 4.60. The minimum atomic E-state index is -0.231. The Bertz CT molecular complexity index is 73.7. The molecule has 0 aromatic rings. The Labute approximate surface area is 63.2 Å². The first-order valence-electron chi connectivity index (χ1n) is 3.50. The van der Waals surface area contributed by atoms with Gasteiger partial charge in [0.05, 0.1) is 6.10 Å². The lowest BCUT2D eigenvalue weighted by Crippen LogP contribution is -2.34. The van der Waals surface area contributed by atoms with Crippen molar-refractivity contribution in [1.82, 2.24) is 9.80 Å². The number of aliphatic hydroxyl groups excluding tert-OH is 1. The first kappa shape index (κ1) is 9.88. The second-order valence-corrected chi connectivity index (χ2v) is 3.18. The predicted octanol–water partition coefficient (Wildman–Crippen LogP) is -0.529. The molecular formula is C7H18N2O. The van der Waals surface area contributed by atoms with E-state index < -0.39 is 0 Å². The lowest BCUT2D eigenvalue weighted by molar-refractivity contribution is 0.107. The highest BCUT2D eigenvalue weighted by molar-refractivity contribution is 4.60. The van der Waals surface area contributed by atoms with E-state index in [0.717, 1.165) is 13.1 Å². The molecule has 0 atom stereocenters. The third-order valence-corrected chi connectivity index (χ3v) is 1.15. The lowest BCUT2D eigenvalue weighted by Gasteiger charge is -2.19. The molecule has 0 bridgehead atoms. The molecule has 0 unspecified atom stereocenters. The molecule has 0 heterocycles. The Morgan fingerprint density at radius 1 is 1.00 bits per heavy atom. The summed E-state index contributed by atoms with van der Waals surface area (Å²) < 4.78 is 0. The van der Waals surface area contributed by atoms with Crippen molar-refractivity contribution in [1.29, 1.82) is 0 Å². The summed E-state index contributed by atoms with van der Waals surface area (Å²) in [6.07, 6.45) is -0.231. The second-order valence-electron chi connectivity index (χ2n) is 3.18. The number of aliphatic hydroxyl groups is 1. The van der Waals surface area contributed by atoms with Crippen LogP contribution in [0.2, 0.25) is 0 Å². The van der Waals surface area contributed by atoms with Gasteiger partial charge < -0.3 is 14.9 Å². The Balaban J connectivity index is 3.34. The van der Waals surface area contributed by atoms with E-state index >= 15 is 0 Å². The molecule has 3 heteroatoms. The van der Waals surface area contributed by atoms with Gasteiger partial charge in [-0.25, -0.2) is 0 Å². The number of hydrogen-bond acceptors (Lipinski definition) is 3. The van der Waals surface area contributed by atoms with Crippen LogP contribution in [0.25, 0.3) is 0 Å². The fourth-order valence-electron chi connectivity index (χ4n) is 0.901. The molecule has 62 valence electrons. The maximum atomic E-state index is 9.31. The third kappa shape index (κ3) is 6.01. The highest BCUT2D eigenvalue weighted by Crippen LogP contribution is 1.87. The van der Waals surface area contributed by atoms with E-state index in [-0.39, 0.29) is 6.10 Å². The smallest absolute Gasteiger partial charge is 0.0793 e. The standard InChI is InChI=1S/C7H18N2O/c1-8(2)5-7(10)6-9(3)4/h7,10H,5-6H2,1-4H3. The van der Waals surface area contributed by atoms with E-state index in [0.29, 0.717) is 0 Å². The van der Waals surface area contributed by atoms with Gasteiger partial charge in [0.25, 0.3) is 0 Å². The van der Waals surface area contributed by atoms with Crippen LogP contribution in [0.4, 0.5) is 0 Å². The van der Waals surface area contributed by atoms with Crippen LogP contribution < -0.4 is 0 Å². The maximum Gasteiger partial charge on any atom is 0.0793 e. The van der Waals surface area contributed by atoms with Crippen LogP contribution in [0, 0.1) is 0 Å². The average Bonchev–Trinajstić information content (AvgIpc) is 1.58. The molecule has 0 aromatic heterocycles. The molecule has 0 rings (SSSR count). The van der Waals surface area contributed by atoms with Crippen LogP contribution in [0.1, 0.15) is 0 Å². The summed E-state index contributed by atoms with van der Waals surface area (Å²) in [5, 5.41) is 9.31. The van der Waals surface area contributed by atoms with Crippen LogP contribution in [0.5, 0.6) is 0 Å². The van der Waals surface area contributed by atoms with E-state index in [1.54, 1.807) is 0 Å². The first-order valence-corrected chi connectivity index (χ1v) is 3.50. The Morgan fingerprint density at radius 3 is 1.50 bits per heavy atom. The summed E-state index contributed by atoms with van der Waals surface area (Å²) in [5.41, 5.74) is 0. The highest BCUT2D eigenvalue weighted by Gasteiger charge is 2.05. The quantitative estimate of drug-likeness (QED) is 0.577. The summed E-state index contributed by atoms with van der Waals surface area (Å²) in [7, 11) is 7.83. The monoisotopic (exact) mass is 146 g/mol. The number of rotatable bonds is 4. The molecule has 0 amide bonds. The number of hydrogen-bond donors (Lipinski definition) is 1. The van der Waals surface area contributed by atoms with Gasteiger partial charge in [0.15, 0.2) is 0 Å². The van der Waals surface area contributed by atoms with Gasteiger partial charge in [0.2, 0.25) is 0 Å². The number of nitrogens with zero attached hydrogens (tertiary/aromatic N) is 2. The van der Waals surface area contributed by atoms with Gasteiger partial charge >= 0.3 is 0 Å². The molecule has 0 aliphatic carbocycles. The van der Waals surface area contributed by atoms with Crippen LogP contribution in [-0.2, 0) is 0 Å². The largest absolute Gasteiger partial charge is 0.390 e. The van der Waals surface area contributed by atoms with Crippen molar-refractivity contribution in [2.24, 2.45) is 0 Å². The van der Waals surface area contributed by atoms with Crippen LogP contribution >= 0.6 is 0 Å². The molecule has 0 radical (unpaired) electrons. The van der Waals surface area contributed by atoms with Gasteiger partial charge in [-0.1, -0.05) is 0 Å². The Hall–Kier alpha value is -0.120. The van der Waals surface area contributed by atoms with Crippen molar-refractivity contribution in [3.05, 3.63) is 0 Å². The van der Waals surface area contributed by atoms with E-state index in [2.05, 4.69) is 0 Å². The zero-order valence-corrected chi connectivity index (χ0v) is 7.33. The van der Waals surface area contributed by atoms with Gasteiger partial charge in [-0.2, -0.15) is 0 Å². The SMILES string of the molecule is CN(C)CC(O)CN(C)C. The van der Waals surface area contributed by atoms with Gasteiger partial charge in [-0.15, -0.1) is 0 Å². The second kappa shape index (κ2) is 4.66. The molecule has 10 heavy (non-hydrogen) atoms. The summed E-state index contributed by atoms with van der Waals surface area (Å²) in [4.78, 5) is 3.96. The molecule has 1 N–H and O–H groups in total. The fraction of sp³-hybridized carbons (Fsp3) is 1.00. The lowest BCUT2D eigenvalue weighted by atomic mass is 10.3. The van der Waals surface area contributed by atoms with Gasteiger partial charge in [0, 0.05) is 13.1 Å². The third-order valence-electron chi connectivity index (χ3n) is 1.15. The van der Waals surface area contributed by atoms with E-state index in [1.807, 2.05) is 38.0 Å².